The zero-order valence-corrected chi connectivity index (χ0v) is 14.6. The molecular formula is C19H30O5. The van der Waals surface area contributed by atoms with Crippen LogP contribution in [0.1, 0.15) is 58.3 Å². The zero-order valence-electron chi connectivity index (χ0n) is 14.6. The number of aliphatic hydroxyl groups is 1. The Kier molecular flexibility index (Phi) is 5.95. The number of esters is 1. The minimum Gasteiger partial charge on any atom is -0.462 e. The number of aliphatic hydroxyl groups excluding tert-OH is 1. The maximum atomic E-state index is 11.5. The van der Waals surface area contributed by atoms with Crippen molar-refractivity contribution in [3.05, 3.63) is 12.2 Å². The van der Waals surface area contributed by atoms with Gasteiger partial charge in [0, 0.05) is 24.7 Å². The van der Waals surface area contributed by atoms with Crippen LogP contribution in [0.4, 0.5) is 0 Å². The van der Waals surface area contributed by atoms with Crippen molar-refractivity contribution < 1.29 is 24.1 Å². The highest BCUT2D eigenvalue weighted by Gasteiger charge is 2.49. The van der Waals surface area contributed by atoms with Gasteiger partial charge in [0.25, 0.3) is 0 Å². The number of carbonyl (C=O) groups is 1. The van der Waals surface area contributed by atoms with E-state index in [0.29, 0.717) is 26.1 Å². The summed E-state index contributed by atoms with van der Waals surface area (Å²) in [5.74, 6) is -0.750. The highest BCUT2D eigenvalue weighted by molar-refractivity contribution is 5.72. The number of hydrogen-bond acceptors (Lipinski definition) is 5. The van der Waals surface area contributed by atoms with E-state index in [1.165, 1.54) is 25.7 Å². The third kappa shape index (κ3) is 4.01. The van der Waals surface area contributed by atoms with Crippen molar-refractivity contribution in [2.75, 3.05) is 13.2 Å². The normalized spacial score (nSPS) is 34.8. The van der Waals surface area contributed by atoms with E-state index < -0.39 is 11.9 Å². The van der Waals surface area contributed by atoms with Gasteiger partial charge in [-0.2, -0.15) is 0 Å². The number of fused-ring (bicyclic) bond motifs is 1. The van der Waals surface area contributed by atoms with Crippen LogP contribution in [0, 0.1) is 11.8 Å². The Bertz CT molecular complexity index is 455. The molecule has 0 radical (unpaired) electrons. The molecule has 0 amide bonds. The predicted molar refractivity (Wildman–Crippen MR) is 89.3 cm³/mol. The first-order valence-electron chi connectivity index (χ1n) is 9.48. The van der Waals surface area contributed by atoms with E-state index in [1.54, 1.807) is 0 Å². The Morgan fingerprint density at radius 3 is 2.71 bits per heavy atom. The smallest absolute Gasteiger partial charge is 0.306 e. The average Bonchev–Trinajstić information content (AvgIpc) is 3.21. The lowest BCUT2D eigenvalue weighted by molar-refractivity contribution is -0.141. The summed E-state index contributed by atoms with van der Waals surface area (Å²) in [7, 11) is 0. The molecule has 1 N–H and O–H groups in total. The summed E-state index contributed by atoms with van der Waals surface area (Å²) in [5.41, 5.74) is 0. The summed E-state index contributed by atoms with van der Waals surface area (Å²) < 4.78 is 17.1. The highest BCUT2D eigenvalue weighted by atomic mass is 16.7. The highest BCUT2D eigenvalue weighted by Crippen LogP contribution is 2.42. The lowest BCUT2D eigenvalue weighted by Crippen LogP contribution is -2.28. The zero-order chi connectivity index (χ0) is 17.0. The second-order valence-electron chi connectivity index (χ2n) is 7.31. The van der Waals surface area contributed by atoms with Gasteiger partial charge in [-0.15, -0.1) is 0 Å². The molecule has 1 aliphatic carbocycles. The van der Waals surface area contributed by atoms with E-state index >= 15 is 0 Å². The first kappa shape index (κ1) is 17.9. The summed E-state index contributed by atoms with van der Waals surface area (Å²) in [6.45, 7) is 3.44. The molecule has 3 rings (SSSR count). The van der Waals surface area contributed by atoms with E-state index in [2.05, 4.69) is 6.92 Å². The third-order valence-corrected chi connectivity index (χ3v) is 5.55. The fourth-order valence-electron chi connectivity index (χ4n) is 4.21. The van der Waals surface area contributed by atoms with Crippen LogP contribution in [0.3, 0.4) is 0 Å². The molecule has 5 heteroatoms. The van der Waals surface area contributed by atoms with Crippen LogP contribution < -0.4 is 0 Å². The van der Waals surface area contributed by atoms with Gasteiger partial charge < -0.3 is 19.3 Å². The molecule has 24 heavy (non-hydrogen) atoms. The topological polar surface area (TPSA) is 65.0 Å². The molecular weight excluding hydrogens is 308 g/mol. The fraction of sp³-hybridized carbons (Fsp3) is 0.842. The number of rotatable bonds is 8. The van der Waals surface area contributed by atoms with Gasteiger partial charge in [-0.05, 0) is 12.5 Å². The lowest BCUT2D eigenvalue weighted by Gasteiger charge is -2.25. The average molecular weight is 338 g/mol. The standard InChI is InChI=1S/C19H30O5/c1-2-3-4-5-6-8-19(22-10-11-23-19)9-7-14-15-12-18(21)24-17(15)13-16(14)20/h7,9,14-17,20H,2-6,8,10-13H2,1H3/b9-7+/t14-,15-,16-,17+/m1/s1. The Morgan fingerprint density at radius 1 is 1.21 bits per heavy atom. The quantitative estimate of drug-likeness (QED) is 0.419. The van der Waals surface area contributed by atoms with E-state index in [1.807, 2.05) is 12.2 Å². The van der Waals surface area contributed by atoms with Crippen LogP contribution in [0.25, 0.3) is 0 Å². The van der Waals surface area contributed by atoms with Crippen LogP contribution in [0.2, 0.25) is 0 Å². The predicted octanol–water partition coefficient (Wildman–Crippen LogP) is 2.96. The van der Waals surface area contributed by atoms with Crippen molar-refractivity contribution in [1.82, 2.24) is 0 Å². The Balaban J connectivity index is 1.58. The van der Waals surface area contributed by atoms with Crippen molar-refractivity contribution in [2.45, 2.75) is 76.3 Å². The van der Waals surface area contributed by atoms with E-state index in [9.17, 15) is 9.90 Å². The first-order valence-corrected chi connectivity index (χ1v) is 9.48. The van der Waals surface area contributed by atoms with Gasteiger partial charge in [-0.25, -0.2) is 0 Å². The summed E-state index contributed by atoms with van der Waals surface area (Å²) in [5, 5.41) is 10.3. The van der Waals surface area contributed by atoms with Crippen molar-refractivity contribution in [2.24, 2.45) is 11.8 Å². The number of hydrogen-bond donors (Lipinski definition) is 1. The van der Waals surface area contributed by atoms with Crippen molar-refractivity contribution in [3.63, 3.8) is 0 Å². The summed E-state index contributed by atoms with van der Waals surface area (Å²) in [6, 6.07) is 0. The van der Waals surface area contributed by atoms with Gasteiger partial charge in [0.15, 0.2) is 5.79 Å². The van der Waals surface area contributed by atoms with Crippen molar-refractivity contribution >= 4 is 5.97 Å². The molecule has 3 fully saturated rings. The minimum atomic E-state index is -0.645. The molecule has 0 bridgehead atoms. The monoisotopic (exact) mass is 338 g/mol. The van der Waals surface area contributed by atoms with Crippen LogP contribution >= 0.6 is 0 Å². The number of carbonyl (C=O) groups excluding carboxylic acids is 1. The molecule has 0 spiro atoms. The lowest BCUT2D eigenvalue weighted by atomic mass is 9.91. The molecule has 0 unspecified atom stereocenters. The number of unbranched alkanes of at least 4 members (excludes halogenated alkanes) is 4. The van der Waals surface area contributed by atoms with Crippen molar-refractivity contribution in [3.8, 4) is 0 Å². The fourth-order valence-corrected chi connectivity index (χ4v) is 4.21. The maximum absolute atomic E-state index is 11.5. The number of ether oxygens (including phenoxy) is 3. The molecule has 4 atom stereocenters. The Labute approximate surface area is 144 Å². The van der Waals surface area contributed by atoms with Crippen LogP contribution in [0.5, 0.6) is 0 Å². The summed E-state index contributed by atoms with van der Waals surface area (Å²) in [4.78, 5) is 11.5. The van der Waals surface area contributed by atoms with Crippen LogP contribution in [-0.2, 0) is 19.0 Å². The Morgan fingerprint density at radius 2 is 1.96 bits per heavy atom. The van der Waals surface area contributed by atoms with Crippen LogP contribution in [0.15, 0.2) is 12.2 Å². The van der Waals surface area contributed by atoms with E-state index in [4.69, 9.17) is 14.2 Å². The largest absolute Gasteiger partial charge is 0.462 e. The first-order chi connectivity index (χ1) is 11.6. The molecule has 0 aromatic heterocycles. The van der Waals surface area contributed by atoms with E-state index in [-0.39, 0.29) is 23.9 Å². The molecule has 2 aliphatic heterocycles. The third-order valence-electron chi connectivity index (χ3n) is 5.55. The minimum absolute atomic E-state index is 0.0498. The van der Waals surface area contributed by atoms with Gasteiger partial charge in [0.1, 0.15) is 6.10 Å². The second-order valence-corrected chi connectivity index (χ2v) is 7.31. The van der Waals surface area contributed by atoms with Gasteiger partial charge in [0.05, 0.1) is 25.7 Å². The SMILES string of the molecule is CCCCCCCC1(/C=C/[C@@H]2[C@H]3CC(=O)O[C@H]3C[C@H]2O)OCCO1. The molecule has 0 aromatic rings. The summed E-state index contributed by atoms with van der Waals surface area (Å²) >= 11 is 0. The molecule has 3 aliphatic rings. The van der Waals surface area contributed by atoms with Gasteiger partial charge >= 0.3 is 5.97 Å². The van der Waals surface area contributed by atoms with Gasteiger partial charge in [0.2, 0.25) is 0 Å². The van der Waals surface area contributed by atoms with Gasteiger partial charge in [-0.1, -0.05) is 38.7 Å². The molecule has 136 valence electrons. The second kappa shape index (κ2) is 7.98. The Hall–Kier alpha value is -0.910. The molecule has 2 saturated heterocycles. The molecule has 0 aromatic carbocycles. The van der Waals surface area contributed by atoms with Crippen LogP contribution in [-0.4, -0.2) is 42.3 Å². The maximum Gasteiger partial charge on any atom is 0.306 e. The van der Waals surface area contributed by atoms with Crippen molar-refractivity contribution in [1.29, 1.82) is 0 Å². The summed E-state index contributed by atoms with van der Waals surface area (Å²) in [6.07, 6.45) is 11.2. The molecule has 1 saturated carbocycles. The van der Waals surface area contributed by atoms with E-state index in [0.717, 1.165) is 12.8 Å². The molecule has 5 nitrogen and oxygen atoms in total. The molecule has 2 heterocycles. The van der Waals surface area contributed by atoms with Gasteiger partial charge in [-0.3, -0.25) is 4.79 Å².